The summed E-state index contributed by atoms with van der Waals surface area (Å²) in [6, 6.07) is 2.85. The Morgan fingerprint density at radius 1 is 1.41 bits per heavy atom. The molecule has 0 spiro atoms. The fourth-order valence-corrected chi connectivity index (χ4v) is 3.11. The van der Waals surface area contributed by atoms with E-state index in [1.54, 1.807) is 0 Å². The third-order valence-corrected chi connectivity index (χ3v) is 4.29. The molecule has 1 fully saturated rings. The SMILES string of the molecule is Nc1cc(F)ccc1S(=O)(=O)NC1CC(O)C1. The van der Waals surface area contributed by atoms with E-state index in [1.807, 2.05) is 0 Å². The Morgan fingerprint density at radius 2 is 2.06 bits per heavy atom. The van der Waals surface area contributed by atoms with Crippen molar-refractivity contribution in [1.82, 2.24) is 4.72 Å². The van der Waals surface area contributed by atoms with Crippen molar-refractivity contribution in [2.24, 2.45) is 0 Å². The van der Waals surface area contributed by atoms with Crippen LogP contribution in [0.5, 0.6) is 0 Å². The molecule has 1 aromatic rings. The molecule has 0 aromatic heterocycles. The van der Waals surface area contributed by atoms with Crippen LogP contribution in [0.4, 0.5) is 10.1 Å². The van der Waals surface area contributed by atoms with Gasteiger partial charge in [0.05, 0.1) is 11.8 Å². The van der Waals surface area contributed by atoms with Gasteiger partial charge in [0.25, 0.3) is 0 Å². The molecule has 1 aromatic carbocycles. The molecule has 1 aliphatic rings. The molecule has 0 aliphatic heterocycles. The van der Waals surface area contributed by atoms with Crippen molar-refractivity contribution in [2.45, 2.75) is 29.9 Å². The van der Waals surface area contributed by atoms with Gasteiger partial charge in [-0.2, -0.15) is 0 Å². The minimum Gasteiger partial charge on any atom is -0.398 e. The molecule has 4 N–H and O–H groups in total. The maximum absolute atomic E-state index is 12.8. The van der Waals surface area contributed by atoms with E-state index >= 15 is 0 Å². The maximum atomic E-state index is 12.8. The number of benzene rings is 1. The second-order valence-electron chi connectivity index (χ2n) is 4.13. The van der Waals surface area contributed by atoms with Crippen molar-refractivity contribution in [3.63, 3.8) is 0 Å². The summed E-state index contributed by atoms with van der Waals surface area (Å²) >= 11 is 0. The summed E-state index contributed by atoms with van der Waals surface area (Å²) in [6.45, 7) is 0. The van der Waals surface area contributed by atoms with Gasteiger partial charge in [-0.1, -0.05) is 0 Å². The summed E-state index contributed by atoms with van der Waals surface area (Å²) in [6.07, 6.45) is 0.328. The number of hydrogen-bond acceptors (Lipinski definition) is 4. The van der Waals surface area contributed by atoms with Crippen LogP contribution in [0.2, 0.25) is 0 Å². The molecule has 7 heteroatoms. The molecule has 94 valence electrons. The normalized spacial score (nSPS) is 24.4. The first-order valence-electron chi connectivity index (χ1n) is 5.14. The van der Waals surface area contributed by atoms with Gasteiger partial charge < -0.3 is 10.8 Å². The summed E-state index contributed by atoms with van der Waals surface area (Å²) in [5.41, 5.74) is 5.33. The van der Waals surface area contributed by atoms with E-state index in [-0.39, 0.29) is 16.6 Å². The van der Waals surface area contributed by atoms with Crippen LogP contribution in [0.25, 0.3) is 0 Å². The summed E-state index contributed by atoms with van der Waals surface area (Å²) in [7, 11) is -3.74. The highest BCUT2D eigenvalue weighted by atomic mass is 32.2. The lowest BCUT2D eigenvalue weighted by Gasteiger charge is -2.31. The number of nitrogens with two attached hydrogens (primary N) is 1. The van der Waals surface area contributed by atoms with Gasteiger partial charge in [-0.25, -0.2) is 17.5 Å². The molecule has 0 atom stereocenters. The fraction of sp³-hybridized carbons (Fsp3) is 0.400. The van der Waals surface area contributed by atoms with Crippen LogP contribution in [0.3, 0.4) is 0 Å². The molecule has 17 heavy (non-hydrogen) atoms. The van der Waals surface area contributed by atoms with Crippen LogP contribution in [-0.4, -0.2) is 25.7 Å². The number of nitrogens with one attached hydrogen (secondary N) is 1. The maximum Gasteiger partial charge on any atom is 0.242 e. The third-order valence-electron chi connectivity index (χ3n) is 2.70. The van der Waals surface area contributed by atoms with E-state index < -0.39 is 21.9 Å². The quantitative estimate of drug-likeness (QED) is 0.677. The minimum atomic E-state index is -3.74. The van der Waals surface area contributed by atoms with Gasteiger partial charge in [0.1, 0.15) is 10.7 Å². The first kappa shape index (κ1) is 12.3. The Bertz CT molecular complexity index is 526. The molecule has 2 rings (SSSR count). The highest BCUT2D eigenvalue weighted by Crippen LogP contribution is 2.24. The topological polar surface area (TPSA) is 92.4 Å². The molecular weight excluding hydrogens is 247 g/mol. The van der Waals surface area contributed by atoms with Crippen LogP contribution in [-0.2, 0) is 10.0 Å². The first-order valence-corrected chi connectivity index (χ1v) is 6.62. The number of halogens is 1. The molecule has 0 unspecified atom stereocenters. The van der Waals surface area contributed by atoms with Crippen molar-refractivity contribution in [3.05, 3.63) is 24.0 Å². The molecule has 1 aliphatic carbocycles. The molecule has 0 bridgehead atoms. The van der Waals surface area contributed by atoms with Crippen LogP contribution in [0.15, 0.2) is 23.1 Å². The van der Waals surface area contributed by atoms with Gasteiger partial charge >= 0.3 is 0 Å². The van der Waals surface area contributed by atoms with Crippen LogP contribution < -0.4 is 10.5 Å². The fourth-order valence-electron chi connectivity index (χ4n) is 1.73. The lowest BCUT2D eigenvalue weighted by atomic mass is 9.91. The number of rotatable bonds is 3. The smallest absolute Gasteiger partial charge is 0.242 e. The number of hydrogen-bond donors (Lipinski definition) is 3. The minimum absolute atomic E-state index is 0.127. The van der Waals surface area contributed by atoms with Crippen molar-refractivity contribution in [3.8, 4) is 0 Å². The van der Waals surface area contributed by atoms with E-state index in [1.165, 1.54) is 0 Å². The zero-order valence-electron chi connectivity index (χ0n) is 8.93. The van der Waals surface area contributed by atoms with Gasteiger partial charge in [-0.05, 0) is 31.0 Å². The molecule has 0 heterocycles. The Labute approximate surface area is 98.5 Å². The van der Waals surface area contributed by atoms with E-state index in [0.717, 1.165) is 18.2 Å². The summed E-state index contributed by atoms with van der Waals surface area (Å²) in [4.78, 5) is -0.139. The molecule has 0 saturated heterocycles. The third kappa shape index (κ3) is 2.56. The predicted octanol–water partition coefficient (Wildman–Crippen LogP) is 0.210. The summed E-state index contributed by atoms with van der Waals surface area (Å²) in [5, 5.41) is 9.07. The average Bonchev–Trinajstić information content (AvgIpc) is 2.14. The molecule has 5 nitrogen and oxygen atoms in total. The lowest BCUT2D eigenvalue weighted by molar-refractivity contribution is 0.0712. The monoisotopic (exact) mass is 260 g/mol. The second kappa shape index (κ2) is 4.25. The number of aliphatic hydroxyl groups is 1. The highest BCUT2D eigenvalue weighted by molar-refractivity contribution is 7.89. The first-order chi connectivity index (χ1) is 7.88. The van der Waals surface area contributed by atoms with E-state index in [0.29, 0.717) is 12.8 Å². The summed E-state index contributed by atoms with van der Waals surface area (Å²) < 4.78 is 39.0. The molecule has 1 saturated carbocycles. The Hall–Kier alpha value is -1.18. The predicted molar refractivity (Wildman–Crippen MR) is 60.2 cm³/mol. The van der Waals surface area contributed by atoms with Gasteiger partial charge in [0, 0.05) is 6.04 Å². The average molecular weight is 260 g/mol. The number of anilines is 1. The van der Waals surface area contributed by atoms with Gasteiger partial charge in [0.2, 0.25) is 10.0 Å². The van der Waals surface area contributed by atoms with E-state index in [2.05, 4.69) is 4.72 Å². The van der Waals surface area contributed by atoms with Crippen molar-refractivity contribution < 1.29 is 17.9 Å². The van der Waals surface area contributed by atoms with Crippen LogP contribution >= 0.6 is 0 Å². The van der Waals surface area contributed by atoms with Crippen LogP contribution in [0, 0.1) is 5.82 Å². The standard InChI is InChI=1S/C10H13FN2O3S/c11-6-1-2-10(9(12)3-6)17(15,16)13-7-4-8(14)5-7/h1-3,7-8,13-14H,4-5,12H2. The van der Waals surface area contributed by atoms with Crippen LogP contribution in [0.1, 0.15) is 12.8 Å². The number of aliphatic hydroxyl groups excluding tert-OH is 1. The molecular formula is C10H13FN2O3S. The molecule has 0 radical (unpaired) electrons. The number of sulfonamides is 1. The van der Waals surface area contributed by atoms with Crippen molar-refractivity contribution in [2.75, 3.05) is 5.73 Å². The van der Waals surface area contributed by atoms with Crippen molar-refractivity contribution >= 4 is 15.7 Å². The highest BCUT2D eigenvalue weighted by Gasteiger charge is 2.31. The zero-order chi connectivity index (χ0) is 12.6. The Kier molecular flexibility index (Phi) is 3.07. The largest absolute Gasteiger partial charge is 0.398 e. The lowest BCUT2D eigenvalue weighted by Crippen LogP contribution is -2.46. The molecule has 0 amide bonds. The summed E-state index contributed by atoms with van der Waals surface area (Å²) in [5.74, 6) is -0.583. The van der Waals surface area contributed by atoms with Gasteiger partial charge in [-0.15, -0.1) is 0 Å². The Balaban J connectivity index is 2.20. The number of nitrogen functional groups attached to an aromatic ring is 1. The van der Waals surface area contributed by atoms with E-state index in [9.17, 15) is 12.8 Å². The van der Waals surface area contributed by atoms with E-state index in [4.69, 9.17) is 10.8 Å². The second-order valence-corrected chi connectivity index (χ2v) is 5.81. The Morgan fingerprint density at radius 3 is 2.59 bits per heavy atom. The zero-order valence-corrected chi connectivity index (χ0v) is 9.74. The van der Waals surface area contributed by atoms with Gasteiger partial charge in [0.15, 0.2) is 0 Å². The van der Waals surface area contributed by atoms with Gasteiger partial charge in [-0.3, -0.25) is 0 Å². The van der Waals surface area contributed by atoms with Crippen molar-refractivity contribution in [1.29, 1.82) is 0 Å².